The first-order valence-corrected chi connectivity index (χ1v) is 12.5. The number of aryl methyl sites for hydroxylation is 1. The van der Waals surface area contributed by atoms with Crippen molar-refractivity contribution in [1.29, 1.82) is 0 Å². The highest BCUT2D eigenvalue weighted by Gasteiger charge is 2.25. The second kappa shape index (κ2) is 10.4. The Bertz CT molecular complexity index is 1300. The summed E-state index contributed by atoms with van der Waals surface area (Å²) < 4.78 is 19.7. The zero-order valence-corrected chi connectivity index (χ0v) is 23.0. The molecular weight excluding hydrogens is 665 g/mol. The van der Waals surface area contributed by atoms with Crippen molar-refractivity contribution in [2.45, 2.75) is 13.5 Å². The lowest BCUT2D eigenvalue weighted by Crippen LogP contribution is -2.05. The van der Waals surface area contributed by atoms with E-state index in [-0.39, 0.29) is 11.6 Å². The molecule has 0 spiro atoms. The second-order valence-electron chi connectivity index (χ2n) is 7.21. The largest absolute Gasteiger partial charge is 0.493 e. The fraction of sp³-hybridized carbons (Fsp3) is 0.120. The number of cyclic esters (lactones) is 1. The Hall–Kier alpha value is -2.17. The maximum atomic E-state index is 12.4. The molecule has 5 nitrogen and oxygen atoms in total. The van der Waals surface area contributed by atoms with Crippen molar-refractivity contribution >= 4 is 72.4 Å². The number of hydrogen-bond acceptors (Lipinski definition) is 5. The van der Waals surface area contributed by atoms with Gasteiger partial charge in [-0.05, 0) is 114 Å². The zero-order valence-electron chi connectivity index (χ0n) is 17.7. The number of aliphatic imine (C=N–C) groups is 1. The van der Waals surface area contributed by atoms with Gasteiger partial charge < -0.3 is 14.2 Å². The van der Waals surface area contributed by atoms with Gasteiger partial charge in [0.15, 0.2) is 17.2 Å². The Kier molecular flexibility index (Phi) is 7.55. The topological polar surface area (TPSA) is 57.1 Å². The first-order valence-electron chi connectivity index (χ1n) is 9.88. The number of halogens is 3. The van der Waals surface area contributed by atoms with E-state index in [1.54, 1.807) is 19.3 Å². The van der Waals surface area contributed by atoms with Crippen molar-refractivity contribution in [1.82, 2.24) is 0 Å². The fourth-order valence-electron chi connectivity index (χ4n) is 3.20. The van der Waals surface area contributed by atoms with E-state index in [4.69, 9.17) is 14.2 Å². The third kappa shape index (κ3) is 5.50. The number of benzene rings is 3. The number of hydrogen-bond donors (Lipinski definition) is 0. The summed E-state index contributed by atoms with van der Waals surface area (Å²) in [5, 5.41) is 0. The lowest BCUT2D eigenvalue weighted by molar-refractivity contribution is -0.129. The average molecular weight is 683 g/mol. The minimum absolute atomic E-state index is 0.210. The Balaban J connectivity index is 1.60. The van der Waals surface area contributed by atoms with Crippen LogP contribution in [-0.2, 0) is 16.1 Å². The van der Waals surface area contributed by atoms with Gasteiger partial charge in [-0.25, -0.2) is 9.79 Å². The van der Waals surface area contributed by atoms with E-state index in [2.05, 4.69) is 59.4 Å². The van der Waals surface area contributed by atoms with Crippen LogP contribution >= 0.6 is 54.5 Å². The predicted molar refractivity (Wildman–Crippen MR) is 144 cm³/mol. The Morgan fingerprint density at radius 3 is 2.61 bits per heavy atom. The first-order chi connectivity index (χ1) is 15.9. The number of carbonyl (C=O) groups is 1. The third-order valence-corrected chi connectivity index (χ3v) is 7.90. The molecule has 0 bridgehead atoms. The molecule has 0 amide bonds. The van der Waals surface area contributed by atoms with Gasteiger partial charge in [-0.1, -0.05) is 24.3 Å². The number of methoxy groups -OCH3 is 1. The Labute approximate surface area is 222 Å². The molecule has 0 N–H and O–H groups in total. The van der Waals surface area contributed by atoms with Crippen LogP contribution in [0.25, 0.3) is 6.08 Å². The van der Waals surface area contributed by atoms with Crippen molar-refractivity contribution in [3.8, 4) is 11.5 Å². The van der Waals surface area contributed by atoms with Gasteiger partial charge in [0, 0.05) is 13.6 Å². The van der Waals surface area contributed by atoms with Crippen molar-refractivity contribution < 1.29 is 19.0 Å². The van der Waals surface area contributed by atoms with Gasteiger partial charge in [-0.2, -0.15) is 0 Å². The minimum Gasteiger partial charge on any atom is -0.493 e. The van der Waals surface area contributed by atoms with E-state index in [0.717, 1.165) is 30.3 Å². The van der Waals surface area contributed by atoms with E-state index >= 15 is 0 Å². The van der Waals surface area contributed by atoms with Gasteiger partial charge in [0.05, 0.1) is 11.6 Å². The van der Waals surface area contributed by atoms with Gasteiger partial charge in [0.1, 0.15) is 6.61 Å². The highest BCUT2D eigenvalue weighted by Crippen LogP contribution is 2.38. The van der Waals surface area contributed by atoms with Gasteiger partial charge >= 0.3 is 5.97 Å². The number of carbonyl (C=O) groups excluding carboxylic acids is 1. The Morgan fingerprint density at radius 1 is 1.09 bits per heavy atom. The van der Waals surface area contributed by atoms with Crippen LogP contribution in [-0.4, -0.2) is 19.0 Å². The molecule has 33 heavy (non-hydrogen) atoms. The molecule has 0 unspecified atom stereocenters. The zero-order chi connectivity index (χ0) is 23.5. The lowest BCUT2D eigenvalue weighted by Gasteiger charge is -2.14. The smallest absolute Gasteiger partial charge is 0.363 e. The monoisotopic (exact) mass is 681 g/mol. The molecule has 168 valence electrons. The van der Waals surface area contributed by atoms with Gasteiger partial charge in [0.25, 0.3) is 0 Å². The maximum absolute atomic E-state index is 12.4. The second-order valence-corrected chi connectivity index (χ2v) is 10.1. The number of ether oxygens (including phenoxy) is 3. The SMILES string of the molecule is COc1cc(/C=C2\N=C(c3ccc(I)c(Br)c3)OC2=O)cc(Br)c1OCc1ccccc1C. The van der Waals surface area contributed by atoms with Crippen LogP contribution in [0.4, 0.5) is 0 Å². The average Bonchev–Trinajstić information content (AvgIpc) is 3.15. The molecule has 0 radical (unpaired) electrons. The van der Waals surface area contributed by atoms with E-state index in [0.29, 0.717) is 22.6 Å². The van der Waals surface area contributed by atoms with Crippen molar-refractivity contribution in [3.05, 3.63) is 95.1 Å². The number of nitrogens with zero attached hydrogens (tertiary/aromatic N) is 1. The van der Waals surface area contributed by atoms with Crippen LogP contribution in [0.3, 0.4) is 0 Å². The highest BCUT2D eigenvalue weighted by molar-refractivity contribution is 14.1. The molecule has 1 aliphatic heterocycles. The van der Waals surface area contributed by atoms with Crippen LogP contribution in [0.15, 0.2) is 74.2 Å². The van der Waals surface area contributed by atoms with Gasteiger partial charge in [-0.15, -0.1) is 0 Å². The summed E-state index contributed by atoms with van der Waals surface area (Å²) in [6.45, 7) is 2.46. The van der Waals surface area contributed by atoms with E-state index in [1.807, 2.05) is 55.5 Å². The molecule has 0 atom stereocenters. The molecule has 0 saturated heterocycles. The Morgan fingerprint density at radius 2 is 1.88 bits per heavy atom. The molecule has 3 aromatic rings. The number of esters is 1. The molecule has 0 aliphatic carbocycles. The summed E-state index contributed by atoms with van der Waals surface area (Å²) in [7, 11) is 1.58. The fourth-order valence-corrected chi connectivity index (χ4v) is 4.49. The van der Waals surface area contributed by atoms with Crippen LogP contribution in [0.5, 0.6) is 11.5 Å². The standard InChI is InChI=1S/C25H18Br2INO4/c1-14-5-3-4-6-17(14)13-32-23-19(27)9-15(11-22(23)31-2)10-21-25(30)33-24(29-21)16-7-8-20(28)18(26)12-16/h3-12H,13H2,1-2H3/b21-10-. The summed E-state index contributed by atoms with van der Waals surface area (Å²) in [5.74, 6) is 0.897. The maximum Gasteiger partial charge on any atom is 0.363 e. The minimum atomic E-state index is -0.505. The van der Waals surface area contributed by atoms with Crippen molar-refractivity contribution in [2.24, 2.45) is 4.99 Å². The summed E-state index contributed by atoms with van der Waals surface area (Å²) >= 11 is 9.27. The molecule has 3 aromatic carbocycles. The summed E-state index contributed by atoms with van der Waals surface area (Å²) in [4.78, 5) is 16.8. The molecule has 1 heterocycles. The van der Waals surface area contributed by atoms with Crippen molar-refractivity contribution in [2.75, 3.05) is 7.11 Å². The summed E-state index contributed by atoms with van der Waals surface area (Å²) in [6, 6.07) is 17.4. The lowest BCUT2D eigenvalue weighted by atomic mass is 10.1. The quantitative estimate of drug-likeness (QED) is 0.159. The number of rotatable bonds is 6. The molecule has 8 heteroatoms. The van der Waals surface area contributed by atoms with Crippen LogP contribution < -0.4 is 9.47 Å². The molecule has 4 rings (SSSR count). The van der Waals surface area contributed by atoms with E-state index in [9.17, 15) is 4.79 Å². The highest BCUT2D eigenvalue weighted by atomic mass is 127. The first kappa shape index (κ1) is 24.0. The predicted octanol–water partition coefficient (Wildman–Crippen LogP) is 7.06. The third-order valence-electron chi connectivity index (χ3n) is 4.98. The van der Waals surface area contributed by atoms with Crippen LogP contribution in [0.2, 0.25) is 0 Å². The summed E-state index contributed by atoms with van der Waals surface area (Å²) in [6.07, 6.45) is 1.66. The van der Waals surface area contributed by atoms with Crippen molar-refractivity contribution in [3.63, 3.8) is 0 Å². The van der Waals surface area contributed by atoms with Gasteiger partial charge in [0.2, 0.25) is 5.90 Å². The molecule has 0 aromatic heterocycles. The van der Waals surface area contributed by atoms with E-state index < -0.39 is 5.97 Å². The van der Waals surface area contributed by atoms with Crippen LogP contribution in [0.1, 0.15) is 22.3 Å². The molecular formula is C25H18Br2INO4. The molecule has 0 fully saturated rings. The normalized spacial score (nSPS) is 14.3. The van der Waals surface area contributed by atoms with Crippen LogP contribution in [0, 0.1) is 10.5 Å². The summed E-state index contributed by atoms with van der Waals surface area (Å²) in [5.41, 5.74) is 3.90. The van der Waals surface area contributed by atoms with Gasteiger partial charge in [-0.3, -0.25) is 0 Å². The molecule has 1 aliphatic rings. The van der Waals surface area contributed by atoms with E-state index in [1.165, 1.54) is 0 Å². The molecule has 0 saturated carbocycles.